The Kier molecular flexibility index (Phi) is 5.07. The number of rotatable bonds is 5. The van der Waals surface area contributed by atoms with Gasteiger partial charge in [-0.1, -0.05) is 11.6 Å². The summed E-state index contributed by atoms with van der Waals surface area (Å²) in [5.74, 6) is 0.170. The number of aromatic nitrogens is 2. The van der Waals surface area contributed by atoms with E-state index in [9.17, 15) is 5.11 Å². The van der Waals surface area contributed by atoms with Crippen molar-refractivity contribution >= 4 is 11.6 Å². The van der Waals surface area contributed by atoms with E-state index in [4.69, 9.17) is 11.6 Å². The first-order chi connectivity index (χ1) is 9.43. The minimum absolute atomic E-state index is 0.170. The lowest BCUT2D eigenvalue weighted by Crippen LogP contribution is -2.44. The Morgan fingerprint density at radius 3 is 2.95 bits per heavy atom. The van der Waals surface area contributed by atoms with Crippen molar-refractivity contribution in [1.82, 2.24) is 20.0 Å². The molecule has 0 aliphatic carbocycles. The van der Waals surface area contributed by atoms with Crippen LogP contribution < -0.4 is 5.32 Å². The SMILES string of the molecule is CN(C)CCn1ncc(Cl)c1C(C)(O)C1CCCNC1. The molecular formula is C14H25ClN4O. The monoisotopic (exact) mass is 300 g/mol. The smallest absolute Gasteiger partial charge is 0.109 e. The molecule has 2 atom stereocenters. The fourth-order valence-electron chi connectivity index (χ4n) is 2.85. The largest absolute Gasteiger partial charge is 0.383 e. The third-order valence-corrected chi connectivity index (χ3v) is 4.40. The van der Waals surface area contributed by atoms with Crippen molar-refractivity contribution in [2.75, 3.05) is 33.7 Å². The number of piperidine rings is 1. The summed E-state index contributed by atoms with van der Waals surface area (Å²) >= 11 is 6.29. The number of nitrogens with zero attached hydrogens (tertiary/aromatic N) is 3. The van der Waals surface area contributed by atoms with E-state index >= 15 is 0 Å². The Morgan fingerprint density at radius 2 is 2.35 bits per heavy atom. The maximum Gasteiger partial charge on any atom is 0.109 e. The van der Waals surface area contributed by atoms with Gasteiger partial charge < -0.3 is 15.3 Å². The highest BCUT2D eigenvalue weighted by Gasteiger charge is 2.38. The summed E-state index contributed by atoms with van der Waals surface area (Å²) in [5, 5.41) is 19.3. The molecule has 6 heteroatoms. The Morgan fingerprint density at radius 1 is 1.60 bits per heavy atom. The van der Waals surface area contributed by atoms with Crippen LogP contribution in [0.15, 0.2) is 6.20 Å². The Bertz CT molecular complexity index is 438. The third kappa shape index (κ3) is 3.34. The highest BCUT2D eigenvalue weighted by molar-refractivity contribution is 6.31. The summed E-state index contributed by atoms with van der Waals surface area (Å²) in [5.41, 5.74) is -0.206. The molecule has 5 nitrogen and oxygen atoms in total. The quantitative estimate of drug-likeness (QED) is 0.861. The van der Waals surface area contributed by atoms with Gasteiger partial charge in [-0.25, -0.2) is 0 Å². The van der Waals surface area contributed by atoms with E-state index in [0.717, 1.165) is 44.7 Å². The van der Waals surface area contributed by atoms with Crippen molar-refractivity contribution in [3.8, 4) is 0 Å². The number of nitrogens with one attached hydrogen (secondary N) is 1. The van der Waals surface area contributed by atoms with Crippen molar-refractivity contribution in [1.29, 1.82) is 0 Å². The van der Waals surface area contributed by atoms with Gasteiger partial charge in [0, 0.05) is 19.0 Å². The second-order valence-electron chi connectivity index (χ2n) is 6.06. The van der Waals surface area contributed by atoms with Gasteiger partial charge in [0.05, 0.1) is 23.5 Å². The molecule has 0 radical (unpaired) electrons. The van der Waals surface area contributed by atoms with Crippen LogP contribution in [0.2, 0.25) is 5.02 Å². The molecule has 0 bridgehead atoms. The standard InChI is InChI=1S/C14H25ClN4O/c1-14(20,11-5-4-6-16-9-11)13-12(15)10-17-19(13)8-7-18(2)3/h10-11,16,20H,4-9H2,1-3H3. The zero-order valence-corrected chi connectivity index (χ0v) is 13.3. The van der Waals surface area contributed by atoms with Gasteiger partial charge in [-0.2, -0.15) is 5.10 Å². The number of likely N-dealkylation sites (N-methyl/N-ethyl adjacent to an activating group) is 1. The summed E-state index contributed by atoms with van der Waals surface area (Å²) < 4.78 is 1.84. The average molecular weight is 301 g/mol. The highest BCUT2D eigenvalue weighted by atomic mass is 35.5. The van der Waals surface area contributed by atoms with Crippen LogP contribution in [0.1, 0.15) is 25.5 Å². The van der Waals surface area contributed by atoms with Gasteiger partial charge in [0.1, 0.15) is 5.60 Å². The minimum Gasteiger partial charge on any atom is -0.383 e. The zero-order chi connectivity index (χ0) is 14.8. The second-order valence-corrected chi connectivity index (χ2v) is 6.47. The van der Waals surface area contributed by atoms with Gasteiger partial charge in [0.2, 0.25) is 0 Å². The van der Waals surface area contributed by atoms with Crippen LogP contribution in [-0.4, -0.2) is 53.5 Å². The fraction of sp³-hybridized carbons (Fsp3) is 0.786. The maximum atomic E-state index is 11.0. The lowest BCUT2D eigenvalue weighted by Gasteiger charge is -2.36. The Labute approximate surface area is 125 Å². The predicted octanol–water partition coefficient (Wildman–Crippen LogP) is 1.31. The first kappa shape index (κ1) is 15.8. The van der Waals surface area contributed by atoms with Crippen LogP contribution in [0.5, 0.6) is 0 Å². The maximum absolute atomic E-state index is 11.0. The fourth-order valence-corrected chi connectivity index (χ4v) is 3.19. The van der Waals surface area contributed by atoms with E-state index < -0.39 is 5.60 Å². The molecule has 0 amide bonds. The van der Waals surface area contributed by atoms with E-state index in [1.807, 2.05) is 25.7 Å². The average Bonchev–Trinajstić information content (AvgIpc) is 2.79. The topological polar surface area (TPSA) is 53.3 Å². The first-order valence-electron chi connectivity index (χ1n) is 7.22. The van der Waals surface area contributed by atoms with Gasteiger partial charge >= 0.3 is 0 Å². The molecule has 2 rings (SSSR count). The van der Waals surface area contributed by atoms with Gasteiger partial charge in [0.15, 0.2) is 0 Å². The number of aliphatic hydroxyl groups is 1. The van der Waals surface area contributed by atoms with Gasteiger partial charge in [0.25, 0.3) is 0 Å². The third-order valence-electron chi connectivity index (χ3n) is 4.13. The van der Waals surface area contributed by atoms with E-state index in [1.165, 1.54) is 0 Å². The van der Waals surface area contributed by atoms with Crippen molar-refractivity contribution < 1.29 is 5.11 Å². The molecule has 2 heterocycles. The summed E-state index contributed by atoms with van der Waals surface area (Å²) in [6.07, 6.45) is 3.73. The summed E-state index contributed by atoms with van der Waals surface area (Å²) in [6.45, 7) is 5.30. The Hall–Kier alpha value is -0.620. The molecular weight excluding hydrogens is 276 g/mol. The lowest BCUT2D eigenvalue weighted by atomic mass is 9.81. The van der Waals surface area contributed by atoms with E-state index in [0.29, 0.717) is 5.02 Å². The lowest BCUT2D eigenvalue weighted by molar-refractivity contribution is -0.0233. The molecule has 0 aromatic carbocycles. The molecule has 1 fully saturated rings. The molecule has 0 spiro atoms. The molecule has 1 saturated heterocycles. The van der Waals surface area contributed by atoms with Crippen LogP contribution in [0.4, 0.5) is 0 Å². The van der Waals surface area contributed by atoms with Crippen LogP contribution in [-0.2, 0) is 12.1 Å². The number of hydrogen-bond donors (Lipinski definition) is 2. The molecule has 1 aliphatic heterocycles. The van der Waals surface area contributed by atoms with Gasteiger partial charge in [-0.3, -0.25) is 4.68 Å². The Balaban J connectivity index is 2.22. The van der Waals surface area contributed by atoms with E-state index in [2.05, 4.69) is 15.3 Å². The van der Waals surface area contributed by atoms with Gasteiger partial charge in [-0.05, 0) is 40.4 Å². The molecule has 0 saturated carbocycles. The van der Waals surface area contributed by atoms with Crippen LogP contribution in [0.25, 0.3) is 0 Å². The predicted molar refractivity (Wildman–Crippen MR) is 81.0 cm³/mol. The zero-order valence-electron chi connectivity index (χ0n) is 12.6. The van der Waals surface area contributed by atoms with E-state index in [1.54, 1.807) is 6.20 Å². The normalized spacial score (nSPS) is 23.0. The van der Waals surface area contributed by atoms with Crippen molar-refractivity contribution in [3.05, 3.63) is 16.9 Å². The minimum atomic E-state index is -0.951. The molecule has 1 aliphatic rings. The number of hydrogen-bond acceptors (Lipinski definition) is 4. The summed E-state index contributed by atoms with van der Waals surface area (Å²) in [7, 11) is 4.04. The first-order valence-corrected chi connectivity index (χ1v) is 7.60. The highest BCUT2D eigenvalue weighted by Crippen LogP contribution is 2.37. The van der Waals surface area contributed by atoms with Crippen LogP contribution >= 0.6 is 11.6 Å². The van der Waals surface area contributed by atoms with Gasteiger partial charge in [-0.15, -0.1) is 0 Å². The number of halogens is 1. The molecule has 2 N–H and O–H groups in total. The second kappa shape index (κ2) is 6.43. The van der Waals surface area contributed by atoms with Crippen LogP contribution in [0, 0.1) is 5.92 Å². The molecule has 20 heavy (non-hydrogen) atoms. The van der Waals surface area contributed by atoms with Crippen LogP contribution in [0.3, 0.4) is 0 Å². The summed E-state index contributed by atoms with van der Waals surface area (Å²) in [6, 6.07) is 0. The van der Waals surface area contributed by atoms with E-state index in [-0.39, 0.29) is 5.92 Å². The van der Waals surface area contributed by atoms with Crippen molar-refractivity contribution in [2.24, 2.45) is 5.92 Å². The molecule has 2 unspecified atom stereocenters. The van der Waals surface area contributed by atoms with Crippen molar-refractivity contribution in [3.63, 3.8) is 0 Å². The molecule has 114 valence electrons. The summed E-state index contributed by atoms with van der Waals surface area (Å²) in [4.78, 5) is 2.09. The molecule has 1 aromatic rings. The van der Waals surface area contributed by atoms with Crippen molar-refractivity contribution in [2.45, 2.75) is 31.9 Å². The molecule has 1 aromatic heterocycles.